The maximum atomic E-state index is 11.0. The number of benzene rings is 1. The van der Waals surface area contributed by atoms with Gasteiger partial charge in [-0.15, -0.1) is 0 Å². The van der Waals surface area contributed by atoms with Crippen molar-refractivity contribution < 1.29 is 9.90 Å². The highest BCUT2D eigenvalue weighted by molar-refractivity contribution is 5.89. The van der Waals surface area contributed by atoms with E-state index >= 15 is 0 Å². The molecule has 1 aliphatic heterocycles. The minimum absolute atomic E-state index is 0.387. The van der Waals surface area contributed by atoms with Crippen molar-refractivity contribution >= 4 is 11.7 Å². The fourth-order valence-electron chi connectivity index (χ4n) is 2.79. The molecule has 0 radical (unpaired) electrons. The molecule has 1 aliphatic rings. The van der Waals surface area contributed by atoms with Crippen molar-refractivity contribution in [3.63, 3.8) is 0 Å². The zero-order valence-corrected chi connectivity index (χ0v) is 11.9. The van der Waals surface area contributed by atoms with Gasteiger partial charge in [0.1, 0.15) is 0 Å². The van der Waals surface area contributed by atoms with Crippen LogP contribution >= 0.6 is 0 Å². The van der Waals surface area contributed by atoms with E-state index in [-0.39, 0.29) is 0 Å². The lowest BCUT2D eigenvalue weighted by atomic mass is 10.1. The summed E-state index contributed by atoms with van der Waals surface area (Å²) in [5, 5.41) is 9.03. The third-order valence-corrected chi connectivity index (χ3v) is 3.90. The van der Waals surface area contributed by atoms with Crippen molar-refractivity contribution in [1.29, 1.82) is 0 Å². The van der Waals surface area contributed by atoms with Crippen LogP contribution in [0.15, 0.2) is 18.2 Å². The topological polar surface area (TPSA) is 43.8 Å². The van der Waals surface area contributed by atoms with Gasteiger partial charge in [0.05, 0.1) is 5.56 Å². The highest BCUT2D eigenvalue weighted by Gasteiger charge is 2.21. The average molecular weight is 262 g/mol. The number of likely N-dealkylation sites (tertiary alicyclic amines) is 1. The maximum absolute atomic E-state index is 11.0. The molecule has 1 saturated heterocycles. The highest BCUT2D eigenvalue weighted by Crippen LogP contribution is 2.22. The number of hydrogen-bond acceptors (Lipinski definition) is 3. The molecule has 1 unspecified atom stereocenters. The van der Waals surface area contributed by atoms with Gasteiger partial charge in [-0.1, -0.05) is 0 Å². The van der Waals surface area contributed by atoms with E-state index < -0.39 is 5.97 Å². The van der Waals surface area contributed by atoms with Crippen LogP contribution in [0.3, 0.4) is 0 Å². The summed E-state index contributed by atoms with van der Waals surface area (Å²) >= 11 is 0. The number of nitrogens with zero attached hydrogens (tertiary/aromatic N) is 2. The van der Waals surface area contributed by atoms with E-state index in [0.29, 0.717) is 11.5 Å². The molecule has 0 aromatic heterocycles. The SMILES string of the molecule is Cc1cc(N(C)CC2CCN(C)C2)ccc1C(=O)O. The van der Waals surface area contributed by atoms with Gasteiger partial charge in [0.15, 0.2) is 0 Å². The van der Waals surface area contributed by atoms with Gasteiger partial charge < -0.3 is 14.9 Å². The Hall–Kier alpha value is -1.55. The minimum Gasteiger partial charge on any atom is -0.478 e. The Morgan fingerprint density at radius 1 is 1.53 bits per heavy atom. The average Bonchev–Trinajstić information content (AvgIpc) is 2.74. The largest absolute Gasteiger partial charge is 0.478 e. The summed E-state index contributed by atoms with van der Waals surface area (Å²) in [7, 11) is 4.24. The Labute approximate surface area is 114 Å². The first-order valence-electron chi connectivity index (χ1n) is 6.71. The molecule has 0 saturated carbocycles. The quantitative estimate of drug-likeness (QED) is 0.902. The first-order chi connectivity index (χ1) is 8.97. The number of carbonyl (C=O) groups is 1. The van der Waals surface area contributed by atoms with E-state index in [4.69, 9.17) is 5.11 Å². The van der Waals surface area contributed by atoms with Crippen LogP contribution < -0.4 is 4.90 Å². The normalized spacial score (nSPS) is 19.6. The lowest BCUT2D eigenvalue weighted by Gasteiger charge is -2.23. The Morgan fingerprint density at radius 2 is 2.26 bits per heavy atom. The van der Waals surface area contributed by atoms with Gasteiger partial charge in [-0.25, -0.2) is 4.79 Å². The summed E-state index contributed by atoms with van der Waals surface area (Å²) in [5.74, 6) is -0.154. The molecule has 1 aromatic rings. The second-order valence-electron chi connectivity index (χ2n) is 5.60. The van der Waals surface area contributed by atoms with Crippen LogP contribution in [-0.4, -0.2) is 49.7 Å². The van der Waals surface area contributed by atoms with Crippen molar-refractivity contribution in [1.82, 2.24) is 4.90 Å². The number of carboxylic acid groups (broad SMARTS) is 1. The smallest absolute Gasteiger partial charge is 0.335 e. The van der Waals surface area contributed by atoms with Gasteiger partial charge in [-0.2, -0.15) is 0 Å². The second-order valence-corrected chi connectivity index (χ2v) is 5.60. The Morgan fingerprint density at radius 3 is 2.79 bits per heavy atom. The van der Waals surface area contributed by atoms with E-state index in [1.807, 2.05) is 19.1 Å². The predicted molar refractivity (Wildman–Crippen MR) is 77.0 cm³/mol. The standard InChI is InChI=1S/C15H22N2O2/c1-11-8-13(4-5-14(11)15(18)19)17(3)10-12-6-7-16(2)9-12/h4-5,8,12H,6-7,9-10H2,1-3H3,(H,18,19). The number of carboxylic acids is 1. The minimum atomic E-state index is -0.857. The van der Waals surface area contributed by atoms with Crippen LogP contribution in [0.5, 0.6) is 0 Å². The first-order valence-corrected chi connectivity index (χ1v) is 6.71. The molecule has 1 atom stereocenters. The molecular weight excluding hydrogens is 240 g/mol. The van der Waals surface area contributed by atoms with Gasteiger partial charge in [0.25, 0.3) is 0 Å². The van der Waals surface area contributed by atoms with E-state index in [2.05, 4.69) is 23.9 Å². The van der Waals surface area contributed by atoms with Crippen LogP contribution in [0, 0.1) is 12.8 Å². The van der Waals surface area contributed by atoms with E-state index in [0.717, 1.165) is 24.3 Å². The molecule has 1 fully saturated rings. The first kappa shape index (κ1) is 13.9. The lowest BCUT2D eigenvalue weighted by Crippen LogP contribution is -2.27. The Bertz CT molecular complexity index is 473. The second kappa shape index (κ2) is 5.61. The third kappa shape index (κ3) is 3.26. The number of anilines is 1. The molecule has 19 heavy (non-hydrogen) atoms. The summed E-state index contributed by atoms with van der Waals surface area (Å²) in [6.07, 6.45) is 1.24. The van der Waals surface area contributed by atoms with E-state index in [9.17, 15) is 4.79 Å². The van der Waals surface area contributed by atoms with Gasteiger partial charge in [-0.05, 0) is 56.6 Å². The maximum Gasteiger partial charge on any atom is 0.335 e. The lowest BCUT2D eigenvalue weighted by molar-refractivity contribution is 0.0696. The summed E-state index contributed by atoms with van der Waals surface area (Å²) < 4.78 is 0. The Kier molecular flexibility index (Phi) is 4.10. The van der Waals surface area contributed by atoms with Gasteiger partial charge >= 0.3 is 5.97 Å². The zero-order valence-electron chi connectivity index (χ0n) is 11.9. The molecule has 104 valence electrons. The molecule has 0 aliphatic carbocycles. The van der Waals surface area contributed by atoms with Crippen molar-refractivity contribution in [3.05, 3.63) is 29.3 Å². The van der Waals surface area contributed by atoms with Gasteiger partial charge in [0.2, 0.25) is 0 Å². The summed E-state index contributed by atoms with van der Waals surface area (Å²) in [5.41, 5.74) is 2.30. The van der Waals surface area contributed by atoms with Crippen LogP contribution in [0.25, 0.3) is 0 Å². The number of hydrogen-bond donors (Lipinski definition) is 1. The van der Waals surface area contributed by atoms with E-state index in [1.165, 1.54) is 13.0 Å². The van der Waals surface area contributed by atoms with Crippen molar-refractivity contribution in [2.75, 3.05) is 38.6 Å². The van der Waals surface area contributed by atoms with Gasteiger partial charge in [-0.3, -0.25) is 0 Å². The fourth-order valence-corrected chi connectivity index (χ4v) is 2.79. The summed E-state index contributed by atoms with van der Waals surface area (Å²) in [6.45, 7) is 5.20. The van der Waals surface area contributed by atoms with Crippen LogP contribution in [-0.2, 0) is 0 Å². The molecule has 1 aromatic carbocycles. The van der Waals surface area contributed by atoms with Crippen molar-refractivity contribution in [2.24, 2.45) is 5.92 Å². The summed E-state index contributed by atoms with van der Waals surface area (Å²) in [6, 6.07) is 5.56. The van der Waals surface area contributed by atoms with E-state index in [1.54, 1.807) is 6.07 Å². The number of aromatic carboxylic acids is 1. The predicted octanol–water partition coefficient (Wildman–Crippen LogP) is 2.08. The molecule has 0 amide bonds. The Balaban J connectivity index is 2.05. The molecular formula is C15H22N2O2. The third-order valence-electron chi connectivity index (χ3n) is 3.90. The monoisotopic (exact) mass is 262 g/mol. The number of rotatable bonds is 4. The van der Waals surface area contributed by atoms with Crippen LogP contribution in [0.2, 0.25) is 0 Å². The molecule has 0 bridgehead atoms. The molecule has 1 N–H and O–H groups in total. The van der Waals surface area contributed by atoms with Crippen LogP contribution in [0.4, 0.5) is 5.69 Å². The molecule has 4 nitrogen and oxygen atoms in total. The molecule has 4 heteroatoms. The molecule has 1 heterocycles. The van der Waals surface area contributed by atoms with Crippen molar-refractivity contribution in [2.45, 2.75) is 13.3 Å². The highest BCUT2D eigenvalue weighted by atomic mass is 16.4. The summed E-state index contributed by atoms with van der Waals surface area (Å²) in [4.78, 5) is 15.6. The van der Waals surface area contributed by atoms with Crippen LogP contribution in [0.1, 0.15) is 22.3 Å². The fraction of sp³-hybridized carbons (Fsp3) is 0.533. The number of aryl methyl sites for hydroxylation is 1. The van der Waals surface area contributed by atoms with Crippen molar-refractivity contribution in [3.8, 4) is 0 Å². The van der Waals surface area contributed by atoms with Gasteiger partial charge in [0, 0.05) is 25.8 Å². The molecule has 0 spiro atoms. The molecule has 2 rings (SSSR count). The zero-order chi connectivity index (χ0) is 14.0.